The van der Waals surface area contributed by atoms with Crippen LogP contribution in [-0.2, 0) is 11.3 Å². The number of nitrogens with zero attached hydrogens (tertiary/aromatic N) is 5. The summed E-state index contributed by atoms with van der Waals surface area (Å²) >= 11 is 0. The summed E-state index contributed by atoms with van der Waals surface area (Å²) in [6, 6.07) is 12.7. The molecule has 0 bridgehead atoms. The first-order valence-corrected chi connectivity index (χ1v) is 11.7. The first-order chi connectivity index (χ1) is 15.6. The summed E-state index contributed by atoms with van der Waals surface area (Å²) in [6.45, 7) is 7.85. The molecule has 7 heteroatoms. The van der Waals surface area contributed by atoms with Crippen LogP contribution >= 0.6 is 0 Å². The molecule has 2 aliphatic heterocycles. The molecule has 0 saturated carbocycles. The highest BCUT2D eigenvalue weighted by atomic mass is 19.1. The van der Waals surface area contributed by atoms with E-state index in [0.29, 0.717) is 24.6 Å². The van der Waals surface area contributed by atoms with Gasteiger partial charge in [0.1, 0.15) is 11.6 Å². The van der Waals surface area contributed by atoms with Gasteiger partial charge in [-0.05, 0) is 43.5 Å². The lowest BCUT2D eigenvalue weighted by atomic mass is 9.97. The van der Waals surface area contributed by atoms with Crippen molar-refractivity contribution in [2.45, 2.75) is 19.4 Å². The summed E-state index contributed by atoms with van der Waals surface area (Å²) in [4.78, 5) is 26.0. The Morgan fingerprint density at radius 2 is 1.84 bits per heavy atom. The van der Waals surface area contributed by atoms with Crippen LogP contribution in [0.1, 0.15) is 18.4 Å². The summed E-state index contributed by atoms with van der Waals surface area (Å²) in [6.07, 6.45) is 4.20. The molecule has 2 fully saturated rings. The number of hydrogen-bond donors (Lipinski definition) is 0. The number of anilines is 1. The van der Waals surface area contributed by atoms with E-state index in [1.165, 1.54) is 12.5 Å². The van der Waals surface area contributed by atoms with E-state index < -0.39 is 0 Å². The number of likely N-dealkylation sites (N-methyl/N-ethyl adjacent to an activating group) is 1. The molecule has 4 rings (SSSR count). The topological polar surface area (TPSA) is 42.9 Å². The number of carbonyl (C=O) groups is 1. The van der Waals surface area contributed by atoms with Crippen molar-refractivity contribution in [2.24, 2.45) is 5.92 Å². The largest absolute Gasteiger partial charge is 0.354 e. The number of hydrogen-bond acceptors (Lipinski definition) is 5. The van der Waals surface area contributed by atoms with Gasteiger partial charge in [-0.2, -0.15) is 0 Å². The number of carbonyl (C=O) groups excluding carboxylic acids is 1. The summed E-state index contributed by atoms with van der Waals surface area (Å²) in [7, 11) is 1.76. The third-order valence-corrected chi connectivity index (χ3v) is 6.62. The van der Waals surface area contributed by atoms with Gasteiger partial charge in [-0.15, -0.1) is 0 Å². The van der Waals surface area contributed by atoms with Gasteiger partial charge in [0.25, 0.3) is 0 Å². The monoisotopic (exact) mass is 439 g/mol. The third kappa shape index (κ3) is 6.04. The SMILES string of the molecule is CN(Cc1ccccc1F)C(=O)CN1CCCC(CN2CCN(c3ccccn3)CC2)C1. The molecule has 1 aromatic carbocycles. The highest BCUT2D eigenvalue weighted by Gasteiger charge is 2.26. The summed E-state index contributed by atoms with van der Waals surface area (Å²) in [5.41, 5.74) is 0.560. The maximum absolute atomic E-state index is 13.9. The smallest absolute Gasteiger partial charge is 0.236 e. The summed E-state index contributed by atoms with van der Waals surface area (Å²) < 4.78 is 13.9. The van der Waals surface area contributed by atoms with Crippen LogP contribution in [0.5, 0.6) is 0 Å². The van der Waals surface area contributed by atoms with Crippen molar-refractivity contribution in [3.8, 4) is 0 Å². The molecule has 0 N–H and O–H groups in total. The molecule has 1 unspecified atom stereocenters. The molecule has 2 aliphatic rings. The molecule has 2 aromatic rings. The molecule has 1 atom stereocenters. The minimum absolute atomic E-state index is 0.0536. The van der Waals surface area contributed by atoms with Crippen LogP contribution < -0.4 is 4.90 Å². The maximum atomic E-state index is 13.9. The Kier molecular flexibility index (Phi) is 7.71. The van der Waals surface area contributed by atoms with Gasteiger partial charge in [0.05, 0.1) is 6.54 Å². The zero-order chi connectivity index (χ0) is 22.3. The molecule has 3 heterocycles. The molecule has 2 saturated heterocycles. The molecule has 0 spiro atoms. The molecular weight excluding hydrogens is 405 g/mol. The zero-order valence-corrected chi connectivity index (χ0v) is 19.0. The Bertz CT molecular complexity index is 872. The first kappa shape index (κ1) is 22.7. The Morgan fingerprint density at radius 1 is 1.06 bits per heavy atom. The van der Waals surface area contributed by atoms with E-state index in [4.69, 9.17) is 0 Å². The van der Waals surface area contributed by atoms with Crippen LogP contribution in [0.2, 0.25) is 0 Å². The maximum Gasteiger partial charge on any atom is 0.236 e. The van der Waals surface area contributed by atoms with Gasteiger partial charge in [-0.25, -0.2) is 9.37 Å². The molecule has 0 radical (unpaired) electrons. The van der Waals surface area contributed by atoms with Crippen molar-refractivity contribution in [2.75, 3.05) is 64.3 Å². The summed E-state index contributed by atoms with van der Waals surface area (Å²) in [5.74, 6) is 1.45. The van der Waals surface area contributed by atoms with Crippen LogP contribution in [0, 0.1) is 11.7 Å². The predicted molar refractivity (Wildman–Crippen MR) is 125 cm³/mol. The number of piperidine rings is 1. The number of piperazine rings is 1. The summed E-state index contributed by atoms with van der Waals surface area (Å²) in [5, 5.41) is 0. The van der Waals surface area contributed by atoms with E-state index in [2.05, 4.69) is 25.8 Å². The van der Waals surface area contributed by atoms with Crippen molar-refractivity contribution >= 4 is 11.7 Å². The van der Waals surface area contributed by atoms with E-state index in [1.54, 1.807) is 24.1 Å². The van der Waals surface area contributed by atoms with Crippen molar-refractivity contribution in [1.29, 1.82) is 0 Å². The average molecular weight is 440 g/mol. The number of halogens is 1. The predicted octanol–water partition coefficient (Wildman–Crippen LogP) is 2.71. The normalized spacial score (nSPS) is 20.3. The average Bonchev–Trinajstić information content (AvgIpc) is 2.82. The Hall–Kier alpha value is -2.51. The fourth-order valence-corrected chi connectivity index (χ4v) is 4.79. The minimum atomic E-state index is -0.256. The molecule has 6 nitrogen and oxygen atoms in total. The van der Waals surface area contributed by atoms with Gasteiger partial charge in [0.2, 0.25) is 5.91 Å². The molecule has 0 aliphatic carbocycles. The number of likely N-dealkylation sites (tertiary alicyclic amines) is 1. The quantitative estimate of drug-likeness (QED) is 0.664. The number of aromatic nitrogens is 1. The first-order valence-electron chi connectivity index (χ1n) is 11.7. The number of benzene rings is 1. The van der Waals surface area contributed by atoms with Gasteiger partial charge < -0.3 is 9.80 Å². The second kappa shape index (κ2) is 10.9. The highest BCUT2D eigenvalue weighted by molar-refractivity contribution is 5.78. The lowest BCUT2D eigenvalue weighted by Gasteiger charge is -2.39. The second-order valence-electron chi connectivity index (χ2n) is 9.06. The van der Waals surface area contributed by atoms with Crippen LogP contribution in [0.15, 0.2) is 48.7 Å². The van der Waals surface area contributed by atoms with E-state index in [0.717, 1.165) is 58.1 Å². The molecule has 1 amide bonds. The highest BCUT2D eigenvalue weighted by Crippen LogP contribution is 2.20. The van der Waals surface area contributed by atoms with Gasteiger partial charge in [0.15, 0.2) is 0 Å². The Morgan fingerprint density at radius 3 is 2.59 bits per heavy atom. The molecule has 1 aromatic heterocycles. The number of rotatable bonds is 7. The van der Waals surface area contributed by atoms with Crippen LogP contribution in [-0.4, -0.2) is 85.0 Å². The fraction of sp³-hybridized carbons (Fsp3) is 0.520. The second-order valence-corrected chi connectivity index (χ2v) is 9.06. The van der Waals surface area contributed by atoms with Crippen LogP contribution in [0.25, 0.3) is 0 Å². The van der Waals surface area contributed by atoms with Crippen molar-refractivity contribution < 1.29 is 9.18 Å². The van der Waals surface area contributed by atoms with Crippen molar-refractivity contribution in [3.05, 3.63) is 60.0 Å². The third-order valence-electron chi connectivity index (χ3n) is 6.62. The molecule has 32 heavy (non-hydrogen) atoms. The van der Waals surface area contributed by atoms with Crippen molar-refractivity contribution in [3.63, 3.8) is 0 Å². The number of amides is 1. The Balaban J connectivity index is 1.21. The van der Waals surface area contributed by atoms with Crippen LogP contribution in [0.4, 0.5) is 10.2 Å². The fourth-order valence-electron chi connectivity index (χ4n) is 4.79. The minimum Gasteiger partial charge on any atom is -0.354 e. The molecule has 172 valence electrons. The standard InChI is InChI=1S/C25H34FN5O/c1-28(19-22-8-2-3-9-23(22)26)25(32)20-30-12-6-7-21(18-30)17-29-13-15-31(16-14-29)24-10-4-5-11-27-24/h2-5,8-11,21H,6-7,12-20H2,1H3. The van der Waals surface area contributed by atoms with E-state index in [9.17, 15) is 9.18 Å². The van der Waals surface area contributed by atoms with Gasteiger partial charge >= 0.3 is 0 Å². The zero-order valence-electron chi connectivity index (χ0n) is 19.0. The van der Waals surface area contributed by atoms with E-state index >= 15 is 0 Å². The van der Waals surface area contributed by atoms with E-state index in [-0.39, 0.29) is 11.7 Å². The number of pyridine rings is 1. The lowest BCUT2D eigenvalue weighted by molar-refractivity contribution is -0.132. The van der Waals surface area contributed by atoms with Crippen LogP contribution in [0.3, 0.4) is 0 Å². The lowest BCUT2D eigenvalue weighted by Crippen LogP contribution is -2.50. The van der Waals surface area contributed by atoms with Crippen molar-refractivity contribution in [1.82, 2.24) is 19.7 Å². The van der Waals surface area contributed by atoms with Gasteiger partial charge in [0, 0.05) is 64.6 Å². The molecular formula is C25H34FN5O. The van der Waals surface area contributed by atoms with Gasteiger partial charge in [-0.3, -0.25) is 14.6 Å². The van der Waals surface area contributed by atoms with Gasteiger partial charge in [-0.1, -0.05) is 24.3 Å². The Labute approximate surface area is 190 Å². The van der Waals surface area contributed by atoms with E-state index in [1.807, 2.05) is 24.4 Å².